The normalized spacial score (nSPS) is 16.0. The molecule has 2 aromatic carbocycles. The molecule has 0 aliphatic carbocycles. The number of aromatic nitrogens is 1. The van der Waals surface area contributed by atoms with Gasteiger partial charge in [-0.25, -0.2) is 0 Å². The molecule has 7 heteroatoms. The summed E-state index contributed by atoms with van der Waals surface area (Å²) in [4.78, 5) is 16.5. The largest absolute Gasteiger partial charge is 0.395 e. The molecule has 0 saturated carbocycles. The lowest BCUT2D eigenvalue weighted by Gasteiger charge is -2.25. The highest BCUT2D eigenvalue weighted by Crippen LogP contribution is 2.35. The Morgan fingerprint density at radius 2 is 1.93 bits per heavy atom. The minimum absolute atomic E-state index is 0.00381. The van der Waals surface area contributed by atoms with E-state index in [0.717, 1.165) is 37.0 Å². The van der Waals surface area contributed by atoms with Crippen LogP contribution < -0.4 is 11.1 Å². The van der Waals surface area contributed by atoms with E-state index < -0.39 is 5.91 Å². The second kappa shape index (κ2) is 8.00. The van der Waals surface area contributed by atoms with Crippen LogP contribution in [0.25, 0.3) is 21.8 Å². The van der Waals surface area contributed by atoms with Gasteiger partial charge in [0.15, 0.2) is 5.96 Å². The molecule has 0 radical (unpaired) electrons. The first-order valence-electron chi connectivity index (χ1n) is 9.52. The fourth-order valence-corrected chi connectivity index (χ4v) is 3.87. The maximum atomic E-state index is 12.6. The topological polar surface area (TPSA) is 102 Å². The number of hydrogen-bond acceptors (Lipinski definition) is 3. The highest BCUT2D eigenvalue weighted by molar-refractivity contribution is 6.11. The fraction of sp³-hybridized carbons (Fsp3) is 0.333. The molecule has 0 spiro atoms. The first-order valence-corrected chi connectivity index (χ1v) is 9.52. The van der Waals surface area contributed by atoms with Crippen LogP contribution in [0.4, 0.5) is 0 Å². The van der Waals surface area contributed by atoms with Gasteiger partial charge in [0.1, 0.15) is 0 Å². The summed E-state index contributed by atoms with van der Waals surface area (Å²) in [7, 11) is 0. The van der Waals surface area contributed by atoms with Gasteiger partial charge in [-0.05, 0) is 31.0 Å². The molecule has 0 unspecified atom stereocenters. The molecular weight excluding hydrogens is 356 g/mol. The molecule has 1 amide bonds. The molecule has 1 saturated heterocycles. The zero-order valence-electron chi connectivity index (χ0n) is 15.6. The van der Waals surface area contributed by atoms with Gasteiger partial charge >= 0.3 is 0 Å². The van der Waals surface area contributed by atoms with Crippen molar-refractivity contribution in [3.63, 3.8) is 0 Å². The number of aliphatic hydroxyl groups is 1. The number of nitrogens with one attached hydrogen (secondary N) is 1. The zero-order valence-corrected chi connectivity index (χ0v) is 15.6. The number of guanidine groups is 1. The van der Waals surface area contributed by atoms with Crippen molar-refractivity contribution in [2.24, 2.45) is 10.7 Å². The Bertz CT molecular complexity index is 1030. The Kier molecular flexibility index (Phi) is 5.27. The van der Waals surface area contributed by atoms with Crippen LogP contribution in [-0.4, -0.2) is 47.9 Å². The number of para-hydroxylation sites is 1. The minimum Gasteiger partial charge on any atom is -0.395 e. The van der Waals surface area contributed by atoms with Crippen LogP contribution in [0, 0.1) is 0 Å². The van der Waals surface area contributed by atoms with E-state index in [4.69, 9.17) is 15.6 Å². The summed E-state index contributed by atoms with van der Waals surface area (Å²) in [6.07, 6.45) is 1.89. The molecular formula is C21H24N4O3. The van der Waals surface area contributed by atoms with Gasteiger partial charge < -0.3 is 25.5 Å². The van der Waals surface area contributed by atoms with Crippen LogP contribution >= 0.6 is 0 Å². The van der Waals surface area contributed by atoms with E-state index in [1.165, 1.54) is 10.9 Å². The van der Waals surface area contributed by atoms with Gasteiger partial charge in [-0.3, -0.25) is 4.79 Å². The van der Waals surface area contributed by atoms with E-state index in [9.17, 15) is 4.79 Å². The number of amides is 1. The molecule has 1 aliphatic heterocycles. The van der Waals surface area contributed by atoms with Gasteiger partial charge in [-0.2, -0.15) is 4.99 Å². The highest BCUT2D eigenvalue weighted by atomic mass is 16.5. The van der Waals surface area contributed by atoms with Gasteiger partial charge in [-0.1, -0.05) is 24.3 Å². The van der Waals surface area contributed by atoms with Gasteiger partial charge in [-0.15, -0.1) is 0 Å². The van der Waals surface area contributed by atoms with Crippen LogP contribution in [0.5, 0.6) is 0 Å². The number of carbonyl (C=O) groups excluding carboxylic acids is 1. The van der Waals surface area contributed by atoms with Gasteiger partial charge in [0.05, 0.1) is 12.1 Å². The molecule has 1 aliphatic rings. The fourth-order valence-electron chi connectivity index (χ4n) is 3.87. The number of rotatable bonds is 4. The third-order valence-electron chi connectivity index (χ3n) is 5.15. The summed E-state index contributed by atoms with van der Waals surface area (Å²) in [6.45, 7) is 1.66. The van der Waals surface area contributed by atoms with E-state index in [2.05, 4.69) is 27.0 Å². The van der Waals surface area contributed by atoms with Crippen molar-refractivity contribution in [3.8, 4) is 0 Å². The molecule has 7 nitrogen and oxygen atoms in total. The van der Waals surface area contributed by atoms with E-state index >= 15 is 0 Å². The Hall–Kier alpha value is -2.90. The zero-order chi connectivity index (χ0) is 19.5. The summed E-state index contributed by atoms with van der Waals surface area (Å²) in [6, 6.07) is 14.3. The lowest BCUT2D eigenvalue weighted by atomic mass is 10.1. The molecule has 4 rings (SSSR count). The van der Waals surface area contributed by atoms with E-state index in [-0.39, 0.29) is 19.1 Å². The van der Waals surface area contributed by atoms with E-state index in [0.29, 0.717) is 11.6 Å². The molecule has 4 N–H and O–H groups in total. The number of nitrogens with zero attached hydrogens (tertiary/aromatic N) is 2. The molecule has 1 aromatic heterocycles. The average Bonchev–Trinajstić information content (AvgIpc) is 3.06. The van der Waals surface area contributed by atoms with Crippen molar-refractivity contribution in [2.45, 2.75) is 18.9 Å². The van der Waals surface area contributed by atoms with Gasteiger partial charge in [0, 0.05) is 47.7 Å². The number of aliphatic imine (C=N–C) groups is 1. The van der Waals surface area contributed by atoms with Crippen LogP contribution in [0.2, 0.25) is 0 Å². The highest BCUT2D eigenvalue weighted by Gasteiger charge is 2.21. The third kappa shape index (κ3) is 3.46. The lowest BCUT2D eigenvalue weighted by Crippen LogP contribution is -2.34. The quantitative estimate of drug-likeness (QED) is 0.476. The van der Waals surface area contributed by atoms with Gasteiger partial charge in [0.25, 0.3) is 5.91 Å². The predicted octanol–water partition coefficient (Wildman–Crippen LogP) is 2.18. The first-order chi connectivity index (χ1) is 13.7. The Morgan fingerprint density at radius 1 is 1.18 bits per heavy atom. The molecule has 1 fully saturated rings. The predicted molar refractivity (Wildman–Crippen MR) is 110 cm³/mol. The number of carbonyl (C=O) groups is 1. The number of hydrogen-bond donors (Lipinski definition) is 3. The van der Waals surface area contributed by atoms with E-state index in [1.807, 2.05) is 24.3 Å². The van der Waals surface area contributed by atoms with Crippen LogP contribution in [-0.2, 0) is 4.74 Å². The monoisotopic (exact) mass is 380 g/mol. The first kappa shape index (κ1) is 18.5. The average molecular weight is 380 g/mol. The summed E-state index contributed by atoms with van der Waals surface area (Å²) in [5.41, 5.74) is 8.38. The third-order valence-corrected chi connectivity index (χ3v) is 5.15. The van der Waals surface area contributed by atoms with Crippen LogP contribution in [0.1, 0.15) is 29.2 Å². The maximum absolute atomic E-state index is 12.6. The molecule has 0 bridgehead atoms. The molecule has 2 heterocycles. The summed E-state index contributed by atoms with van der Waals surface area (Å²) >= 11 is 0. The molecule has 28 heavy (non-hydrogen) atoms. The maximum Gasteiger partial charge on any atom is 0.280 e. The minimum atomic E-state index is -0.409. The standard InChI is InChI=1S/C21H24N4O3/c22-21(23-9-10-26)24-20(27)14-5-6-17-16-3-1-2-4-18(16)25(19(17)13-14)15-7-11-28-12-8-15/h1-6,13,15,26H,7-12H2,(H3,22,23,24,27). The Morgan fingerprint density at radius 3 is 2.71 bits per heavy atom. The van der Waals surface area contributed by atoms with Crippen molar-refractivity contribution in [2.75, 3.05) is 26.4 Å². The smallest absolute Gasteiger partial charge is 0.280 e. The number of aliphatic hydroxyl groups excluding tert-OH is 1. The van der Waals surface area contributed by atoms with Crippen molar-refractivity contribution in [1.29, 1.82) is 0 Å². The summed E-state index contributed by atoms with van der Waals surface area (Å²) in [5, 5.41) is 13.8. The second-order valence-corrected chi connectivity index (χ2v) is 6.92. The molecule has 146 valence electrons. The van der Waals surface area contributed by atoms with Crippen LogP contribution in [0.3, 0.4) is 0 Å². The number of benzene rings is 2. The van der Waals surface area contributed by atoms with Crippen LogP contribution in [0.15, 0.2) is 47.5 Å². The van der Waals surface area contributed by atoms with E-state index in [1.54, 1.807) is 6.07 Å². The van der Waals surface area contributed by atoms with Crippen molar-refractivity contribution >= 4 is 33.7 Å². The molecule has 3 aromatic rings. The summed E-state index contributed by atoms with van der Waals surface area (Å²) in [5.74, 6) is -0.405. The summed E-state index contributed by atoms with van der Waals surface area (Å²) < 4.78 is 7.87. The van der Waals surface area contributed by atoms with Gasteiger partial charge in [0.2, 0.25) is 0 Å². The van der Waals surface area contributed by atoms with Crippen molar-refractivity contribution in [3.05, 3.63) is 48.0 Å². The van der Waals surface area contributed by atoms with Crippen molar-refractivity contribution in [1.82, 2.24) is 9.88 Å². The molecule has 0 atom stereocenters. The number of fused-ring (bicyclic) bond motifs is 3. The number of nitrogens with two attached hydrogens (primary N) is 1. The second-order valence-electron chi connectivity index (χ2n) is 6.92. The Labute approximate surface area is 162 Å². The number of ether oxygens (including phenoxy) is 1. The SMILES string of the molecule is N/C(=N/C(=O)c1ccc2c3ccccc3n(C3CCOCC3)c2c1)NCCO. The Balaban J connectivity index is 1.80. The lowest BCUT2D eigenvalue weighted by molar-refractivity contribution is 0.0717. The van der Waals surface area contributed by atoms with Crippen molar-refractivity contribution < 1.29 is 14.6 Å².